The molecule has 5 heterocycles. The average molecular weight is 635 g/mol. The second kappa shape index (κ2) is 13.2. The molecule has 6 N–H and O–H groups in total. The van der Waals surface area contributed by atoms with Crippen LogP contribution < -0.4 is 31.8 Å². The zero-order valence-electron chi connectivity index (χ0n) is 22.0. The molecule has 3 aromatic rings. The van der Waals surface area contributed by atoms with Crippen molar-refractivity contribution in [1.82, 2.24) is 24.8 Å². The Balaban J connectivity index is 0.00000405. The fraction of sp³-hybridized carbons (Fsp3) is 0.292. The zero-order chi connectivity index (χ0) is 29.1. The molecule has 0 saturated carbocycles. The lowest BCUT2D eigenvalue weighted by Gasteiger charge is -2.50. The van der Waals surface area contributed by atoms with Crippen molar-refractivity contribution in [1.29, 1.82) is 0 Å². The third kappa shape index (κ3) is 6.03. The lowest BCUT2D eigenvalue weighted by Crippen LogP contribution is -2.71. The quantitative estimate of drug-likeness (QED) is 0.0448. The summed E-state index contributed by atoms with van der Waals surface area (Å²) in [5.74, 6) is -1.83. The van der Waals surface area contributed by atoms with Crippen molar-refractivity contribution in [2.24, 2.45) is 10.9 Å². The minimum Gasteiger partial charge on any atom is -0.543 e. The zero-order valence-corrected chi connectivity index (χ0v) is 24.4. The Morgan fingerprint density at radius 1 is 1.38 bits per heavy atom. The summed E-state index contributed by atoms with van der Waals surface area (Å²) < 4.78 is 3.49. The molecule has 0 radical (unpaired) electrons. The predicted octanol–water partition coefficient (Wildman–Crippen LogP) is -1.54. The Morgan fingerprint density at radius 3 is 2.88 bits per heavy atom. The van der Waals surface area contributed by atoms with Gasteiger partial charge in [0, 0.05) is 35.9 Å². The Hall–Kier alpha value is -4.19. The van der Waals surface area contributed by atoms with E-state index in [1.54, 1.807) is 23.0 Å². The number of nitrogens with zero attached hydrogens (tertiary/aromatic N) is 6. The lowest BCUT2D eigenvalue weighted by atomic mass is 10.0. The second-order valence-electron chi connectivity index (χ2n) is 8.86. The van der Waals surface area contributed by atoms with Crippen molar-refractivity contribution >= 4 is 75.6 Å². The fourth-order valence-electron chi connectivity index (χ4n) is 4.38. The van der Waals surface area contributed by atoms with Gasteiger partial charge >= 0.3 is 5.65 Å². The molecule has 3 aromatic heterocycles. The smallest absolute Gasteiger partial charge is 0.307 e. The largest absolute Gasteiger partial charge is 0.543 e. The lowest BCUT2D eigenvalue weighted by molar-refractivity contribution is -0.662. The fourth-order valence-corrected chi connectivity index (χ4v) is 6.26. The normalized spacial score (nSPS) is 18.2. The number of fused-ring (bicyclic) bond motifs is 2. The van der Waals surface area contributed by atoms with Gasteiger partial charge in [-0.3, -0.25) is 14.5 Å². The SMILES string of the molecule is C=CCO/N=C(\C(=O)N[C@@H]1C(=O)N2C(C(=O)[O-])=C(C[n+]3ccn4nc(NCCN)ccc43)CS[C@H]12)c1csc(N)n1.Cl. The monoisotopic (exact) mass is 634 g/mol. The number of nitrogen functional groups attached to an aromatic ring is 1. The number of thioether (sulfide) groups is 1. The van der Waals surface area contributed by atoms with Crippen molar-refractivity contribution in [2.45, 2.75) is 18.0 Å². The molecule has 1 fully saturated rings. The Bertz CT molecular complexity index is 1590. The summed E-state index contributed by atoms with van der Waals surface area (Å²) in [5, 5.41) is 27.4. The van der Waals surface area contributed by atoms with E-state index in [9.17, 15) is 19.5 Å². The summed E-state index contributed by atoms with van der Waals surface area (Å²) in [7, 11) is 0. The minimum atomic E-state index is -1.48. The number of oxime groups is 1. The number of rotatable bonds is 12. The van der Waals surface area contributed by atoms with Gasteiger partial charge in [0.05, 0.1) is 11.7 Å². The first-order valence-corrected chi connectivity index (χ1v) is 14.3. The van der Waals surface area contributed by atoms with Gasteiger partial charge in [0.15, 0.2) is 22.9 Å². The van der Waals surface area contributed by atoms with E-state index in [0.717, 1.165) is 16.2 Å². The van der Waals surface area contributed by atoms with Crippen molar-refractivity contribution in [3.63, 3.8) is 0 Å². The maximum atomic E-state index is 13.2. The Labute approximate surface area is 253 Å². The molecule has 42 heavy (non-hydrogen) atoms. The molecule has 2 amide bonds. The number of imidazole rings is 1. The summed E-state index contributed by atoms with van der Waals surface area (Å²) in [4.78, 5) is 48.8. The number of nitrogens with two attached hydrogens (primary N) is 2. The van der Waals surface area contributed by atoms with Crippen LogP contribution in [0.3, 0.4) is 0 Å². The van der Waals surface area contributed by atoms with Gasteiger partial charge in [-0.05, 0) is 6.07 Å². The first-order valence-electron chi connectivity index (χ1n) is 12.3. The number of halogens is 1. The van der Waals surface area contributed by atoms with Crippen LogP contribution in [-0.2, 0) is 25.8 Å². The van der Waals surface area contributed by atoms with Crippen LogP contribution in [0.25, 0.3) is 5.65 Å². The second-order valence-corrected chi connectivity index (χ2v) is 10.9. The molecule has 2 atom stereocenters. The van der Waals surface area contributed by atoms with E-state index in [2.05, 4.69) is 32.5 Å². The molecule has 0 aromatic carbocycles. The Kier molecular flexibility index (Phi) is 9.66. The molecular weight excluding hydrogens is 608 g/mol. The van der Waals surface area contributed by atoms with E-state index in [0.29, 0.717) is 35.9 Å². The number of carbonyl (C=O) groups excluding carboxylic acids is 3. The number of anilines is 2. The third-order valence-electron chi connectivity index (χ3n) is 6.19. The number of carboxylic acids is 1. The molecule has 222 valence electrons. The first-order chi connectivity index (χ1) is 19.8. The molecule has 0 aliphatic carbocycles. The highest BCUT2D eigenvalue weighted by Gasteiger charge is 2.53. The number of β-lactam (4-membered cyclic amide) rings is 1. The van der Waals surface area contributed by atoms with Gasteiger partial charge in [0.25, 0.3) is 11.8 Å². The maximum Gasteiger partial charge on any atom is 0.307 e. The van der Waals surface area contributed by atoms with Crippen LogP contribution in [0.5, 0.6) is 0 Å². The molecule has 15 nitrogen and oxygen atoms in total. The van der Waals surface area contributed by atoms with Crippen molar-refractivity contribution in [3.05, 3.63) is 59.5 Å². The molecule has 5 rings (SSSR count). The highest BCUT2D eigenvalue weighted by Crippen LogP contribution is 2.40. The van der Waals surface area contributed by atoms with Crippen LogP contribution in [0.2, 0.25) is 0 Å². The average Bonchev–Trinajstić information content (AvgIpc) is 3.57. The number of aliphatic carboxylic acids is 1. The van der Waals surface area contributed by atoms with E-state index in [1.165, 1.54) is 23.2 Å². The number of thiazole rings is 1. The maximum absolute atomic E-state index is 13.2. The summed E-state index contributed by atoms with van der Waals surface area (Å²) >= 11 is 2.45. The van der Waals surface area contributed by atoms with Gasteiger partial charge in [0.2, 0.25) is 0 Å². The first kappa shape index (κ1) is 30.8. The van der Waals surface area contributed by atoms with Gasteiger partial charge in [-0.1, -0.05) is 27.4 Å². The van der Waals surface area contributed by atoms with Crippen LogP contribution in [0, 0.1) is 0 Å². The summed E-state index contributed by atoms with van der Waals surface area (Å²) in [6.45, 7) is 4.81. The number of hydrogen-bond donors (Lipinski definition) is 4. The Morgan fingerprint density at radius 2 is 2.19 bits per heavy atom. The topological polar surface area (TPSA) is 209 Å². The van der Waals surface area contributed by atoms with E-state index < -0.39 is 29.2 Å². The number of amides is 2. The number of aromatic nitrogens is 4. The molecule has 0 unspecified atom stereocenters. The van der Waals surface area contributed by atoms with E-state index >= 15 is 0 Å². The molecule has 0 bridgehead atoms. The van der Waals surface area contributed by atoms with E-state index in [1.807, 2.05) is 10.6 Å². The summed E-state index contributed by atoms with van der Waals surface area (Å²) in [5.41, 5.74) is 12.2. The molecule has 2 aliphatic rings. The van der Waals surface area contributed by atoms with Crippen LogP contribution in [0.4, 0.5) is 10.9 Å². The minimum absolute atomic E-state index is 0. The number of carboxylic acid groups (broad SMARTS) is 1. The van der Waals surface area contributed by atoms with Gasteiger partial charge in [-0.25, -0.2) is 9.55 Å². The molecular formula is C24H27ClN10O5S2. The number of carbonyl (C=O) groups is 3. The van der Waals surface area contributed by atoms with Crippen molar-refractivity contribution < 1.29 is 28.9 Å². The number of hydrogen-bond acceptors (Lipinski definition) is 13. The van der Waals surface area contributed by atoms with Crippen LogP contribution in [-0.4, -0.2) is 79.9 Å². The van der Waals surface area contributed by atoms with Gasteiger partial charge < -0.3 is 36.8 Å². The number of nitrogens with one attached hydrogen (secondary N) is 2. The van der Waals surface area contributed by atoms with Gasteiger partial charge in [-0.2, -0.15) is 0 Å². The molecule has 1 saturated heterocycles. The van der Waals surface area contributed by atoms with Crippen LogP contribution >= 0.6 is 35.5 Å². The van der Waals surface area contributed by atoms with Crippen molar-refractivity contribution in [2.75, 3.05) is 36.5 Å². The standard InChI is InChI=1S/C24H26N10O5S2.ClH/c1-2-9-39-31-17(14-12-41-24(26)28-14)20(35)29-18-21(36)34-19(23(37)38)13(11-40-22(18)34)10-32-7-8-33-16(32)4-3-15(30-33)27-6-5-25;/h2-4,7-8,12,18,22H,1,5-6,9-11,25H2,(H4-,26,27,28,29,30,35,37,38);1H/b31-17-;/t18-,22-;/m1./s1. The van der Waals surface area contributed by atoms with E-state index in [4.69, 9.17) is 16.3 Å². The molecule has 2 aliphatic heterocycles. The highest BCUT2D eigenvalue weighted by molar-refractivity contribution is 8.00. The van der Waals surface area contributed by atoms with Gasteiger partial charge in [0.1, 0.15) is 36.5 Å². The summed E-state index contributed by atoms with van der Waals surface area (Å²) in [6, 6.07) is 2.65. The highest BCUT2D eigenvalue weighted by atomic mass is 35.5. The molecule has 0 spiro atoms. The third-order valence-corrected chi connectivity index (χ3v) is 8.20. The van der Waals surface area contributed by atoms with E-state index in [-0.39, 0.29) is 47.8 Å². The summed E-state index contributed by atoms with van der Waals surface area (Å²) in [6.07, 6.45) is 4.97. The molecule has 18 heteroatoms. The van der Waals surface area contributed by atoms with Crippen LogP contribution in [0.15, 0.2) is 59.0 Å². The van der Waals surface area contributed by atoms with Gasteiger partial charge in [-0.15, -0.1) is 35.5 Å². The van der Waals surface area contributed by atoms with Crippen LogP contribution in [0.1, 0.15) is 5.69 Å². The van der Waals surface area contributed by atoms with Crippen molar-refractivity contribution in [3.8, 4) is 0 Å². The predicted molar refractivity (Wildman–Crippen MR) is 156 cm³/mol.